The van der Waals surface area contributed by atoms with Crippen LogP contribution in [0.15, 0.2) is 42.7 Å². The number of nitrogens with one attached hydrogen (secondary N) is 2. The number of carbonyl (C=O) groups is 4. The second-order valence-electron chi connectivity index (χ2n) is 14.6. The van der Waals surface area contributed by atoms with E-state index in [4.69, 9.17) is 9.47 Å². The first-order chi connectivity index (χ1) is 22.5. The Balaban J connectivity index is 1.16. The minimum atomic E-state index is -0.907. The molecule has 6 rings (SSSR count). The van der Waals surface area contributed by atoms with Crippen LogP contribution in [0.4, 0.5) is 0 Å². The normalized spacial score (nSPS) is 24.3. The van der Waals surface area contributed by atoms with Crippen molar-refractivity contribution < 1.29 is 28.7 Å². The highest BCUT2D eigenvalue weighted by Crippen LogP contribution is 2.54. The molecule has 1 spiro atoms. The fourth-order valence-corrected chi connectivity index (χ4v) is 7.40. The second-order valence-corrected chi connectivity index (χ2v) is 14.6. The molecule has 4 heterocycles. The Morgan fingerprint density at radius 1 is 1.04 bits per heavy atom. The van der Waals surface area contributed by atoms with Crippen molar-refractivity contribution in [2.75, 3.05) is 53.0 Å². The number of amides is 4. The number of benzene rings is 1. The fraction of sp³-hybridized carbons (Fsp3) is 0.629. The zero-order chi connectivity index (χ0) is 33.3. The van der Waals surface area contributed by atoms with Gasteiger partial charge in [-0.1, -0.05) is 44.2 Å². The third-order valence-corrected chi connectivity index (χ3v) is 10.7. The van der Waals surface area contributed by atoms with E-state index in [0.29, 0.717) is 57.5 Å². The number of ether oxygens (including phenoxy) is 2. The highest BCUT2D eigenvalue weighted by Gasteiger charge is 2.62. The van der Waals surface area contributed by atoms with Crippen molar-refractivity contribution >= 4 is 23.6 Å². The molecule has 4 aliphatic rings. The lowest BCUT2D eigenvalue weighted by atomic mass is 9.70. The predicted octanol–water partition coefficient (Wildman–Crippen LogP) is 1.94. The van der Waals surface area contributed by atoms with E-state index in [0.717, 1.165) is 24.8 Å². The van der Waals surface area contributed by atoms with Crippen LogP contribution >= 0.6 is 0 Å². The first kappa shape index (κ1) is 33.1. The summed E-state index contributed by atoms with van der Waals surface area (Å²) in [5.74, 6) is -1.01. The third kappa shape index (κ3) is 7.08. The molecule has 0 unspecified atom stereocenters. The largest absolute Gasteiger partial charge is 0.381 e. The van der Waals surface area contributed by atoms with Crippen molar-refractivity contribution in [3.63, 3.8) is 0 Å². The zero-order valence-electron chi connectivity index (χ0n) is 27.9. The number of hydrogen-bond donors (Lipinski definition) is 2. The van der Waals surface area contributed by atoms with E-state index in [2.05, 4.69) is 29.6 Å². The van der Waals surface area contributed by atoms with Gasteiger partial charge in [0.25, 0.3) is 5.91 Å². The van der Waals surface area contributed by atoms with Gasteiger partial charge in [0.1, 0.15) is 6.04 Å². The van der Waals surface area contributed by atoms with Gasteiger partial charge in [0.05, 0.1) is 36.9 Å². The number of rotatable bonds is 11. The maximum absolute atomic E-state index is 14.1. The number of likely N-dealkylation sites (tertiary alicyclic amines) is 2. The summed E-state index contributed by atoms with van der Waals surface area (Å²) in [6, 6.07) is 8.98. The van der Waals surface area contributed by atoms with E-state index in [1.54, 1.807) is 28.9 Å². The lowest BCUT2D eigenvalue weighted by Gasteiger charge is -2.50. The standard InChI is InChI=1S/C35H48N6O6/c1-23(47-19-25-10-12-46-13-11-25)29(31(43)36-4)38-30(42)28-18-39(20-35(28)21-40(22-35)33(45)27-14-34(27,2)3)32(44)26-15-37-41(17-26)16-24-8-6-5-7-9-24/h5-9,15,17,23,25,27-29H,10-14,16,18-22H2,1-4H3,(H,36,43)(H,38,42)/t23-,27-,28+,29+/m1/s1. The van der Waals surface area contributed by atoms with Crippen molar-refractivity contribution in [1.29, 1.82) is 0 Å². The summed E-state index contributed by atoms with van der Waals surface area (Å²) >= 11 is 0. The van der Waals surface area contributed by atoms with Crippen molar-refractivity contribution in [1.82, 2.24) is 30.2 Å². The second kappa shape index (κ2) is 13.4. The van der Waals surface area contributed by atoms with Crippen molar-refractivity contribution in [2.24, 2.45) is 28.6 Å². The van der Waals surface area contributed by atoms with Crippen LogP contribution in [-0.2, 0) is 30.4 Å². The van der Waals surface area contributed by atoms with E-state index in [-0.39, 0.29) is 41.5 Å². The number of likely N-dealkylation sites (N-methyl/N-ethyl adjacent to an activating group) is 1. The molecule has 47 heavy (non-hydrogen) atoms. The lowest BCUT2D eigenvalue weighted by Crippen LogP contribution is -2.65. The van der Waals surface area contributed by atoms with E-state index in [1.807, 2.05) is 35.2 Å². The average molecular weight is 649 g/mol. The van der Waals surface area contributed by atoms with Crippen LogP contribution in [0.2, 0.25) is 0 Å². The van der Waals surface area contributed by atoms with Crippen LogP contribution in [0, 0.1) is 28.6 Å². The molecule has 1 aromatic heterocycles. The Kier molecular flexibility index (Phi) is 9.44. The van der Waals surface area contributed by atoms with Gasteiger partial charge in [-0.05, 0) is 43.1 Å². The van der Waals surface area contributed by atoms with Crippen molar-refractivity contribution in [2.45, 2.75) is 58.7 Å². The molecule has 254 valence electrons. The summed E-state index contributed by atoms with van der Waals surface area (Å²) in [5, 5.41) is 10.1. The fourth-order valence-electron chi connectivity index (χ4n) is 7.40. The molecule has 1 aliphatic carbocycles. The topological polar surface area (TPSA) is 135 Å². The molecule has 2 aromatic rings. The summed E-state index contributed by atoms with van der Waals surface area (Å²) in [6.07, 6.45) is 5.39. The maximum atomic E-state index is 14.1. The monoisotopic (exact) mass is 648 g/mol. The minimum absolute atomic E-state index is 0.00425. The molecule has 3 saturated heterocycles. The molecular weight excluding hydrogens is 600 g/mol. The van der Waals surface area contributed by atoms with Crippen LogP contribution < -0.4 is 10.6 Å². The van der Waals surface area contributed by atoms with Gasteiger partial charge in [-0.3, -0.25) is 23.9 Å². The van der Waals surface area contributed by atoms with E-state index in [9.17, 15) is 19.2 Å². The molecule has 4 fully saturated rings. The summed E-state index contributed by atoms with van der Waals surface area (Å²) in [6.45, 7) is 9.72. The van der Waals surface area contributed by atoms with Gasteiger partial charge in [0, 0.05) is 64.0 Å². The van der Waals surface area contributed by atoms with Crippen molar-refractivity contribution in [3.8, 4) is 0 Å². The minimum Gasteiger partial charge on any atom is -0.381 e. The van der Waals surface area contributed by atoms with E-state index >= 15 is 0 Å². The zero-order valence-corrected chi connectivity index (χ0v) is 27.9. The smallest absolute Gasteiger partial charge is 0.257 e. The Bertz CT molecular complexity index is 1460. The molecule has 1 aromatic carbocycles. The molecule has 12 heteroatoms. The molecule has 4 atom stereocenters. The van der Waals surface area contributed by atoms with E-state index < -0.39 is 23.5 Å². The SMILES string of the molecule is CNC(=O)[C@@H](NC(=O)[C@@H]1CN(C(=O)c2cnn(Cc3ccccc3)c2)CC12CN(C(=O)[C@H]1CC1(C)C)C2)[C@@H](C)OCC1CCOCC1. The van der Waals surface area contributed by atoms with Gasteiger partial charge < -0.3 is 29.9 Å². The Morgan fingerprint density at radius 2 is 1.72 bits per heavy atom. The number of aromatic nitrogens is 2. The summed E-state index contributed by atoms with van der Waals surface area (Å²) in [7, 11) is 1.54. The Morgan fingerprint density at radius 3 is 2.38 bits per heavy atom. The number of nitrogens with zero attached hydrogens (tertiary/aromatic N) is 4. The quantitative estimate of drug-likeness (QED) is 0.380. The van der Waals surface area contributed by atoms with Crippen LogP contribution in [0.3, 0.4) is 0 Å². The van der Waals surface area contributed by atoms with Gasteiger partial charge in [-0.15, -0.1) is 0 Å². The van der Waals surface area contributed by atoms with Gasteiger partial charge in [0.15, 0.2) is 0 Å². The van der Waals surface area contributed by atoms with Gasteiger partial charge in [-0.2, -0.15) is 5.10 Å². The van der Waals surface area contributed by atoms with Crippen LogP contribution in [0.25, 0.3) is 0 Å². The highest BCUT2D eigenvalue weighted by molar-refractivity contribution is 5.95. The average Bonchev–Trinajstić information content (AvgIpc) is 3.37. The van der Waals surface area contributed by atoms with Gasteiger partial charge >= 0.3 is 0 Å². The van der Waals surface area contributed by atoms with Gasteiger partial charge in [-0.25, -0.2) is 0 Å². The first-order valence-corrected chi connectivity index (χ1v) is 16.9. The van der Waals surface area contributed by atoms with E-state index in [1.165, 1.54) is 7.05 Å². The van der Waals surface area contributed by atoms with Crippen molar-refractivity contribution in [3.05, 3.63) is 53.9 Å². The molecule has 1 saturated carbocycles. The summed E-state index contributed by atoms with van der Waals surface area (Å²) < 4.78 is 13.3. The number of carbonyl (C=O) groups excluding carboxylic acids is 4. The maximum Gasteiger partial charge on any atom is 0.257 e. The molecule has 0 bridgehead atoms. The Labute approximate surface area is 276 Å². The number of hydrogen-bond acceptors (Lipinski definition) is 7. The lowest BCUT2D eigenvalue weighted by molar-refractivity contribution is -0.152. The first-order valence-electron chi connectivity index (χ1n) is 16.9. The highest BCUT2D eigenvalue weighted by atomic mass is 16.5. The molecule has 4 amide bonds. The molecule has 3 aliphatic heterocycles. The van der Waals surface area contributed by atoms with Crippen LogP contribution in [-0.4, -0.2) is 108 Å². The Hall–Kier alpha value is -3.77. The molecule has 0 radical (unpaired) electrons. The van der Waals surface area contributed by atoms with Gasteiger partial charge in [0.2, 0.25) is 17.7 Å². The summed E-state index contributed by atoms with van der Waals surface area (Å²) in [4.78, 5) is 57.8. The molecule has 2 N–H and O–H groups in total. The van der Waals surface area contributed by atoms with Crippen LogP contribution in [0.1, 0.15) is 56.0 Å². The van der Waals surface area contributed by atoms with Crippen LogP contribution in [0.5, 0.6) is 0 Å². The third-order valence-electron chi connectivity index (χ3n) is 10.7. The molecule has 12 nitrogen and oxygen atoms in total. The summed E-state index contributed by atoms with van der Waals surface area (Å²) in [5.41, 5.74) is 0.910. The molecular formula is C35H48N6O6. The predicted molar refractivity (Wildman–Crippen MR) is 173 cm³/mol.